The van der Waals surface area contributed by atoms with Gasteiger partial charge in [0.1, 0.15) is 5.82 Å². The van der Waals surface area contributed by atoms with E-state index in [1.807, 2.05) is 37.3 Å². The number of hydrogen-bond donors (Lipinski definition) is 0. The van der Waals surface area contributed by atoms with Crippen molar-refractivity contribution in [3.8, 4) is 0 Å². The van der Waals surface area contributed by atoms with Gasteiger partial charge in [0.25, 0.3) is 0 Å². The highest BCUT2D eigenvalue weighted by atomic mass is 32.2. The lowest BCUT2D eigenvalue weighted by Gasteiger charge is -2.09. The maximum absolute atomic E-state index is 4.78. The van der Waals surface area contributed by atoms with Gasteiger partial charge in [-0.05, 0) is 31.5 Å². The number of aryl methyl sites for hydroxylation is 1. The zero-order chi connectivity index (χ0) is 18.6. The zero-order valence-electron chi connectivity index (χ0n) is 15.5. The number of fused-ring (bicyclic) bond motifs is 1. The predicted octanol–water partition coefficient (Wildman–Crippen LogP) is 4.43. The number of aromatic nitrogens is 5. The van der Waals surface area contributed by atoms with Gasteiger partial charge < -0.3 is 4.57 Å². The molecule has 0 aliphatic carbocycles. The highest BCUT2D eigenvalue weighted by Gasteiger charge is 2.13. The Kier molecular flexibility index (Phi) is 5.16. The summed E-state index contributed by atoms with van der Waals surface area (Å²) in [4.78, 5) is 9.45. The summed E-state index contributed by atoms with van der Waals surface area (Å²) in [6.07, 6.45) is 0.789. The van der Waals surface area contributed by atoms with Gasteiger partial charge >= 0.3 is 0 Å². The molecule has 0 unspecified atom stereocenters. The van der Waals surface area contributed by atoms with Crippen LogP contribution in [0.1, 0.15) is 29.7 Å². The molecule has 136 valence electrons. The van der Waals surface area contributed by atoms with Gasteiger partial charge in [-0.1, -0.05) is 54.2 Å². The molecule has 0 aliphatic rings. The molecule has 0 radical (unpaired) electrons. The molecule has 0 N–H and O–H groups in total. The summed E-state index contributed by atoms with van der Waals surface area (Å²) in [6.45, 7) is 4.99. The zero-order valence-corrected chi connectivity index (χ0v) is 16.3. The number of hydrogen-bond acceptors (Lipinski definition) is 5. The second-order valence-electron chi connectivity index (χ2n) is 6.34. The molecule has 2 aromatic heterocycles. The van der Waals surface area contributed by atoms with Gasteiger partial charge in [0.2, 0.25) is 0 Å². The topological polar surface area (TPSA) is 56.5 Å². The molecule has 4 rings (SSSR count). The van der Waals surface area contributed by atoms with Gasteiger partial charge in [-0.3, -0.25) is 0 Å². The molecule has 0 fully saturated rings. The monoisotopic (exact) mass is 375 g/mol. The average Bonchev–Trinajstić information content (AvgIpc) is 3.08. The van der Waals surface area contributed by atoms with E-state index in [2.05, 4.69) is 50.9 Å². The van der Waals surface area contributed by atoms with Crippen LogP contribution in [0.2, 0.25) is 0 Å². The molecule has 0 aliphatic heterocycles. The molecule has 6 heteroatoms. The number of para-hydroxylation sites is 2. The van der Waals surface area contributed by atoms with E-state index in [9.17, 15) is 0 Å². The van der Waals surface area contributed by atoms with Crippen molar-refractivity contribution in [2.45, 2.75) is 37.7 Å². The number of benzene rings is 2. The van der Waals surface area contributed by atoms with E-state index in [0.29, 0.717) is 0 Å². The molecule has 0 saturated carbocycles. The third kappa shape index (κ3) is 3.85. The number of rotatable bonds is 6. The molecular weight excluding hydrogens is 354 g/mol. The summed E-state index contributed by atoms with van der Waals surface area (Å²) in [6, 6.07) is 18.4. The minimum atomic E-state index is 0.729. The van der Waals surface area contributed by atoms with Gasteiger partial charge in [0, 0.05) is 18.7 Å². The minimum absolute atomic E-state index is 0.729. The Bertz CT molecular complexity index is 1060. The summed E-state index contributed by atoms with van der Waals surface area (Å²) in [5.41, 5.74) is 5.07. The highest BCUT2D eigenvalue weighted by molar-refractivity contribution is 7.98. The SMILES string of the molecule is CCn1c(Cc2ccccc2)nnc1SCc1nc2ccccc2nc1C. The molecule has 2 heterocycles. The van der Waals surface area contributed by atoms with Crippen LogP contribution in [0.4, 0.5) is 0 Å². The smallest absolute Gasteiger partial charge is 0.191 e. The van der Waals surface area contributed by atoms with Crippen LogP contribution in [0.15, 0.2) is 59.8 Å². The van der Waals surface area contributed by atoms with E-state index in [1.165, 1.54) is 5.56 Å². The number of nitrogens with zero attached hydrogens (tertiary/aromatic N) is 5. The van der Waals surface area contributed by atoms with Gasteiger partial charge in [0.05, 0.1) is 22.4 Å². The van der Waals surface area contributed by atoms with Crippen LogP contribution in [-0.2, 0) is 18.7 Å². The Hall–Kier alpha value is -2.73. The van der Waals surface area contributed by atoms with Crippen molar-refractivity contribution < 1.29 is 0 Å². The fraction of sp³-hybridized carbons (Fsp3) is 0.238. The van der Waals surface area contributed by atoms with Crippen LogP contribution in [0.25, 0.3) is 11.0 Å². The largest absolute Gasteiger partial charge is 0.306 e. The first-order chi connectivity index (χ1) is 13.2. The van der Waals surface area contributed by atoms with Gasteiger partial charge in [-0.25, -0.2) is 9.97 Å². The van der Waals surface area contributed by atoms with E-state index in [-0.39, 0.29) is 0 Å². The van der Waals surface area contributed by atoms with E-state index in [0.717, 1.165) is 52.1 Å². The molecule has 0 amide bonds. The van der Waals surface area contributed by atoms with E-state index in [1.54, 1.807) is 11.8 Å². The lowest BCUT2D eigenvalue weighted by atomic mass is 10.1. The highest BCUT2D eigenvalue weighted by Crippen LogP contribution is 2.24. The molecule has 0 bridgehead atoms. The maximum atomic E-state index is 4.78. The Morgan fingerprint density at radius 2 is 1.59 bits per heavy atom. The molecule has 4 aromatic rings. The van der Waals surface area contributed by atoms with Crippen LogP contribution in [0.5, 0.6) is 0 Å². The van der Waals surface area contributed by atoms with E-state index < -0.39 is 0 Å². The Labute approximate surface area is 162 Å². The van der Waals surface area contributed by atoms with Gasteiger partial charge in [0.15, 0.2) is 5.16 Å². The van der Waals surface area contributed by atoms with E-state index >= 15 is 0 Å². The van der Waals surface area contributed by atoms with Crippen LogP contribution < -0.4 is 0 Å². The Balaban J connectivity index is 1.54. The third-order valence-electron chi connectivity index (χ3n) is 4.50. The minimum Gasteiger partial charge on any atom is -0.306 e. The summed E-state index contributed by atoms with van der Waals surface area (Å²) in [5, 5.41) is 9.77. The average molecular weight is 376 g/mol. The first-order valence-corrected chi connectivity index (χ1v) is 10.0. The lowest BCUT2D eigenvalue weighted by Crippen LogP contribution is -2.04. The van der Waals surface area contributed by atoms with Gasteiger partial charge in [-0.15, -0.1) is 10.2 Å². The third-order valence-corrected chi connectivity index (χ3v) is 5.47. The molecule has 27 heavy (non-hydrogen) atoms. The summed E-state index contributed by atoms with van der Waals surface area (Å²) >= 11 is 1.67. The Morgan fingerprint density at radius 3 is 2.33 bits per heavy atom. The molecule has 0 saturated heterocycles. The molecule has 5 nitrogen and oxygen atoms in total. The van der Waals surface area contributed by atoms with Gasteiger partial charge in [-0.2, -0.15) is 0 Å². The first kappa shape index (κ1) is 17.7. The second-order valence-corrected chi connectivity index (χ2v) is 7.28. The van der Waals surface area contributed by atoms with Crippen molar-refractivity contribution in [1.29, 1.82) is 0 Å². The first-order valence-electron chi connectivity index (χ1n) is 9.05. The number of thioether (sulfide) groups is 1. The van der Waals surface area contributed by atoms with Crippen molar-refractivity contribution in [2.75, 3.05) is 0 Å². The predicted molar refractivity (Wildman–Crippen MR) is 109 cm³/mol. The lowest BCUT2D eigenvalue weighted by molar-refractivity contribution is 0.651. The van der Waals surface area contributed by atoms with Crippen molar-refractivity contribution >= 4 is 22.8 Å². The van der Waals surface area contributed by atoms with Crippen LogP contribution in [0, 0.1) is 6.92 Å². The van der Waals surface area contributed by atoms with Crippen LogP contribution in [0.3, 0.4) is 0 Å². The molecule has 0 atom stereocenters. The molecule has 0 spiro atoms. The van der Waals surface area contributed by atoms with Crippen molar-refractivity contribution in [3.63, 3.8) is 0 Å². The van der Waals surface area contributed by atoms with Crippen molar-refractivity contribution in [3.05, 3.63) is 77.4 Å². The van der Waals surface area contributed by atoms with Crippen molar-refractivity contribution in [1.82, 2.24) is 24.7 Å². The quantitative estimate of drug-likeness (QED) is 0.467. The fourth-order valence-corrected chi connectivity index (χ4v) is 4.08. The van der Waals surface area contributed by atoms with E-state index in [4.69, 9.17) is 4.98 Å². The summed E-state index contributed by atoms with van der Waals surface area (Å²) in [7, 11) is 0. The maximum Gasteiger partial charge on any atom is 0.191 e. The van der Waals surface area contributed by atoms with Crippen LogP contribution in [-0.4, -0.2) is 24.7 Å². The molecular formula is C21H21N5S. The fourth-order valence-electron chi connectivity index (χ4n) is 3.05. The second kappa shape index (κ2) is 7.88. The summed E-state index contributed by atoms with van der Waals surface area (Å²) < 4.78 is 2.18. The normalized spacial score (nSPS) is 11.2. The Morgan fingerprint density at radius 1 is 0.889 bits per heavy atom. The summed E-state index contributed by atoms with van der Waals surface area (Å²) in [5.74, 6) is 1.72. The van der Waals surface area contributed by atoms with Crippen LogP contribution >= 0.6 is 11.8 Å². The van der Waals surface area contributed by atoms with Crippen molar-refractivity contribution in [2.24, 2.45) is 0 Å². The standard InChI is InChI=1S/C21H21N5S/c1-3-26-20(13-16-9-5-4-6-10-16)24-25-21(26)27-14-19-15(2)22-17-11-7-8-12-18(17)23-19/h4-12H,3,13-14H2,1-2H3. The molecule has 2 aromatic carbocycles.